The van der Waals surface area contributed by atoms with E-state index >= 15 is 0 Å². The average Bonchev–Trinajstić information content (AvgIpc) is 3.13. The lowest BCUT2D eigenvalue weighted by molar-refractivity contribution is 0.102. The van der Waals surface area contributed by atoms with Crippen molar-refractivity contribution in [2.75, 3.05) is 10.6 Å². The Labute approximate surface area is 174 Å². The number of nitrogens with zero attached hydrogens (tertiary/aromatic N) is 1. The van der Waals surface area contributed by atoms with Crippen LogP contribution in [-0.2, 0) is 0 Å². The second-order valence-electron chi connectivity index (χ2n) is 6.66. The molecule has 1 unspecified atom stereocenters. The molecule has 0 aliphatic rings. The van der Waals surface area contributed by atoms with Crippen LogP contribution < -0.4 is 10.6 Å². The highest BCUT2D eigenvalue weighted by Crippen LogP contribution is 2.37. The van der Waals surface area contributed by atoms with E-state index in [0.29, 0.717) is 5.56 Å². The highest BCUT2D eigenvalue weighted by atomic mass is 32.1. The van der Waals surface area contributed by atoms with E-state index in [1.54, 1.807) is 17.5 Å². The molecule has 2 aromatic carbocycles. The van der Waals surface area contributed by atoms with Crippen molar-refractivity contribution in [2.24, 2.45) is 0 Å². The van der Waals surface area contributed by atoms with Crippen LogP contribution in [0.2, 0.25) is 0 Å². The average molecular weight is 400 g/mol. The van der Waals surface area contributed by atoms with Crippen LogP contribution in [0.15, 0.2) is 91.1 Å². The fraction of sp³-hybridized carbons (Fsp3) is 0.0833. The summed E-state index contributed by atoms with van der Waals surface area (Å²) in [4.78, 5) is 18.3. The van der Waals surface area contributed by atoms with Crippen LogP contribution in [-0.4, -0.2) is 10.9 Å². The van der Waals surface area contributed by atoms with Gasteiger partial charge in [0.1, 0.15) is 10.8 Å². The molecule has 0 saturated carbocycles. The first-order valence-electron chi connectivity index (χ1n) is 9.40. The molecule has 4 nitrogen and oxygen atoms in total. The fourth-order valence-electron chi connectivity index (χ4n) is 3.19. The highest BCUT2D eigenvalue weighted by molar-refractivity contribution is 7.16. The first kappa shape index (κ1) is 18.9. The molecule has 2 N–H and O–H groups in total. The van der Waals surface area contributed by atoms with E-state index in [-0.39, 0.29) is 11.9 Å². The Bertz CT molecular complexity index is 1080. The number of hydrogen-bond donors (Lipinski definition) is 2. The van der Waals surface area contributed by atoms with E-state index in [9.17, 15) is 4.79 Å². The SMILES string of the molecule is Cc1cc(C(Nc2ccccn2)c2ccccc2)c(NC(=O)c2ccccc2)s1. The highest BCUT2D eigenvalue weighted by Gasteiger charge is 2.22. The first-order valence-corrected chi connectivity index (χ1v) is 10.2. The molecular formula is C24H21N3OS. The van der Waals surface area contributed by atoms with Crippen molar-refractivity contribution in [2.45, 2.75) is 13.0 Å². The summed E-state index contributed by atoms with van der Waals surface area (Å²) >= 11 is 1.58. The molecule has 2 heterocycles. The van der Waals surface area contributed by atoms with Gasteiger partial charge in [0.05, 0.1) is 6.04 Å². The number of thiophene rings is 1. The molecule has 144 valence electrons. The van der Waals surface area contributed by atoms with Gasteiger partial charge in [-0.1, -0.05) is 54.6 Å². The molecule has 0 bridgehead atoms. The van der Waals surface area contributed by atoms with E-state index in [0.717, 1.165) is 26.8 Å². The van der Waals surface area contributed by atoms with Crippen molar-refractivity contribution >= 4 is 28.1 Å². The molecule has 5 heteroatoms. The largest absolute Gasteiger partial charge is 0.359 e. The van der Waals surface area contributed by atoms with Gasteiger partial charge in [-0.25, -0.2) is 4.98 Å². The number of benzene rings is 2. The maximum Gasteiger partial charge on any atom is 0.256 e. The lowest BCUT2D eigenvalue weighted by Gasteiger charge is -2.21. The van der Waals surface area contributed by atoms with Crippen LogP contribution >= 0.6 is 11.3 Å². The molecule has 0 saturated heterocycles. The number of pyridine rings is 1. The zero-order valence-electron chi connectivity index (χ0n) is 16.0. The second kappa shape index (κ2) is 8.71. The van der Waals surface area contributed by atoms with Crippen molar-refractivity contribution in [1.29, 1.82) is 0 Å². The third kappa shape index (κ3) is 4.52. The molecular weight excluding hydrogens is 378 g/mol. The predicted octanol–water partition coefficient (Wildman–Crippen LogP) is 5.91. The summed E-state index contributed by atoms with van der Waals surface area (Å²) in [5.74, 6) is 0.670. The van der Waals surface area contributed by atoms with Gasteiger partial charge in [-0.3, -0.25) is 4.79 Å². The summed E-state index contributed by atoms with van der Waals surface area (Å²) in [5.41, 5.74) is 2.76. The third-order valence-electron chi connectivity index (χ3n) is 4.55. The van der Waals surface area contributed by atoms with Crippen molar-refractivity contribution in [1.82, 2.24) is 4.98 Å². The lowest BCUT2D eigenvalue weighted by atomic mass is 10.00. The molecule has 4 aromatic rings. The number of carbonyl (C=O) groups is 1. The van der Waals surface area contributed by atoms with Crippen molar-refractivity contribution < 1.29 is 4.79 Å². The summed E-state index contributed by atoms with van der Waals surface area (Å²) in [6.07, 6.45) is 1.77. The Morgan fingerprint density at radius 3 is 2.31 bits per heavy atom. The number of hydrogen-bond acceptors (Lipinski definition) is 4. The van der Waals surface area contributed by atoms with Gasteiger partial charge >= 0.3 is 0 Å². The number of aromatic nitrogens is 1. The predicted molar refractivity (Wildman–Crippen MR) is 120 cm³/mol. The molecule has 1 atom stereocenters. The Hall–Kier alpha value is -3.44. The summed E-state index contributed by atoms with van der Waals surface area (Å²) in [6, 6.07) is 27.2. The lowest BCUT2D eigenvalue weighted by Crippen LogP contribution is -2.17. The minimum atomic E-state index is -0.137. The number of carbonyl (C=O) groups excluding carboxylic acids is 1. The Morgan fingerprint density at radius 2 is 1.62 bits per heavy atom. The standard InChI is InChI=1S/C24H21N3OS/c1-17-16-20(24(29-17)27-23(28)19-12-6-3-7-13-19)22(18-10-4-2-5-11-18)26-21-14-8-9-15-25-21/h2-16,22H,1H3,(H,25,26)(H,27,28). The van der Waals surface area contributed by atoms with Crippen molar-refractivity contribution in [3.05, 3.63) is 113 Å². The number of nitrogens with one attached hydrogen (secondary N) is 2. The summed E-state index contributed by atoms with van der Waals surface area (Å²) < 4.78 is 0. The van der Waals surface area contributed by atoms with Crippen molar-refractivity contribution in [3.63, 3.8) is 0 Å². The number of aryl methyl sites for hydroxylation is 1. The van der Waals surface area contributed by atoms with E-state index in [1.807, 2.05) is 66.7 Å². The molecule has 0 aliphatic heterocycles. The number of anilines is 2. The Balaban J connectivity index is 1.70. The minimum absolute atomic E-state index is 0.113. The van der Waals surface area contributed by atoms with Gasteiger partial charge in [-0.15, -0.1) is 11.3 Å². The van der Waals surface area contributed by atoms with Gasteiger partial charge in [-0.2, -0.15) is 0 Å². The Morgan fingerprint density at radius 1 is 0.931 bits per heavy atom. The van der Waals surface area contributed by atoms with E-state index in [2.05, 4.69) is 40.7 Å². The maximum absolute atomic E-state index is 12.8. The molecule has 0 spiro atoms. The summed E-state index contributed by atoms with van der Waals surface area (Å²) in [5, 5.41) is 7.47. The van der Waals surface area contributed by atoms with Crippen LogP contribution in [0.25, 0.3) is 0 Å². The normalized spacial score (nSPS) is 11.6. The first-order chi connectivity index (χ1) is 14.2. The second-order valence-corrected chi connectivity index (χ2v) is 7.92. The maximum atomic E-state index is 12.8. The van der Waals surface area contributed by atoms with Crippen LogP contribution in [0.3, 0.4) is 0 Å². The minimum Gasteiger partial charge on any atom is -0.359 e. The van der Waals surface area contributed by atoms with E-state index in [1.165, 1.54) is 0 Å². The van der Waals surface area contributed by atoms with E-state index < -0.39 is 0 Å². The topological polar surface area (TPSA) is 54.0 Å². The molecule has 0 radical (unpaired) electrons. The molecule has 29 heavy (non-hydrogen) atoms. The third-order valence-corrected chi connectivity index (χ3v) is 5.53. The molecule has 0 fully saturated rings. The van der Waals surface area contributed by atoms with Crippen LogP contribution in [0.4, 0.5) is 10.8 Å². The zero-order valence-corrected chi connectivity index (χ0v) is 16.8. The number of rotatable bonds is 6. The van der Waals surface area contributed by atoms with Crippen LogP contribution in [0, 0.1) is 6.92 Å². The van der Waals surface area contributed by atoms with Gasteiger partial charge in [0.25, 0.3) is 5.91 Å². The van der Waals surface area contributed by atoms with Gasteiger partial charge < -0.3 is 10.6 Å². The molecule has 2 aromatic heterocycles. The van der Waals surface area contributed by atoms with Gasteiger partial charge in [0, 0.05) is 22.2 Å². The molecule has 4 rings (SSSR count). The number of amides is 1. The van der Waals surface area contributed by atoms with Crippen molar-refractivity contribution in [3.8, 4) is 0 Å². The molecule has 1 amide bonds. The van der Waals surface area contributed by atoms with Gasteiger partial charge in [0.15, 0.2) is 0 Å². The summed E-state index contributed by atoms with van der Waals surface area (Å²) in [6.45, 7) is 2.05. The summed E-state index contributed by atoms with van der Waals surface area (Å²) in [7, 11) is 0. The van der Waals surface area contributed by atoms with E-state index in [4.69, 9.17) is 0 Å². The smallest absolute Gasteiger partial charge is 0.256 e. The van der Waals surface area contributed by atoms with Crippen LogP contribution in [0.5, 0.6) is 0 Å². The monoisotopic (exact) mass is 399 g/mol. The van der Waals surface area contributed by atoms with Gasteiger partial charge in [-0.05, 0) is 42.8 Å². The molecule has 0 aliphatic carbocycles. The van der Waals surface area contributed by atoms with Gasteiger partial charge in [0.2, 0.25) is 0 Å². The fourth-order valence-corrected chi connectivity index (χ4v) is 4.14. The quantitative estimate of drug-likeness (QED) is 0.424. The Kier molecular flexibility index (Phi) is 5.68. The van der Waals surface area contributed by atoms with Crippen LogP contribution in [0.1, 0.15) is 32.4 Å². The zero-order chi connectivity index (χ0) is 20.1.